The molecule has 1 saturated heterocycles. The molecule has 1 aliphatic heterocycles. The van der Waals surface area contributed by atoms with Crippen molar-refractivity contribution < 1.29 is 25.2 Å². The monoisotopic (exact) mass is 297 g/mol. The van der Waals surface area contributed by atoms with Crippen molar-refractivity contribution in [3.63, 3.8) is 0 Å². The average Bonchev–Trinajstić information content (AvgIpc) is 3.03. The van der Waals surface area contributed by atoms with E-state index in [2.05, 4.69) is 15.0 Å². The van der Waals surface area contributed by atoms with Gasteiger partial charge in [0, 0.05) is 0 Å². The first kappa shape index (κ1) is 14.1. The van der Waals surface area contributed by atoms with Gasteiger partial charge < -0.3 is 30.9 Å². The number of hydrogen-bond donors (Lipinski definition) is 5. The van der Waals surface area contributed by atoms with Crippen LogP contribution >= 0.6 is 0 Å². The zero-order valence-corrected chi connectivity index (χ0v) is 10.9. The van der Waals surface area contributed by atoms with Gasteiger partial charge >= 0.3 is 0 Å². The largest absolute Gasteiger partial charge is 0.394 e. The highest BCUT2D eigenvalue weighted by molar-refractivity contribution is 5.81. The Morgan fingerprint density at radius 1 is 1.29 bits per heavy atom. The van der Waals surface area contributed by atoms with Gasteiger partial charge in [-0.2, -0.15) is 0 Å². The maximum Gasteiger partial charge on any atom is 0.199 e. The van der Waals surface area contributed by atoms with Crippen LogP contribution in [-0.2, 0) is 10.5 Å². The number of hydrogen-bond acceptors (Lipinski definition) is 9. The summed E-state index contributed by atoms with van der Waals surface area (Å²) in [5.74, 6) is 0.138. The lowest BCUT2D eigenvalue weighted by Gasteiger charge is -2.31. The molecular weight excluding hydrogens is 282 g/mol. The lowest BCUT2D eigenvalue weighted by Crippen LogP contribution is -2.48. The number of fused-ring (bicyclic) bond motifs is 1. The summed E-state index contributed by atoms with van der Waals surface area (Å²) >= 11 is 0. The molecule has 10 nitrogen and oxygen atoms in total. The highest BCUT2D eigenvalue weighted by atomic mass is 16.6. The lowest BCUT2D eigenvalue weighted by atomic mass is 10.0. The quantitative estimate of drug-likeness (QED) is 0.402. The van der Waals surface area contributed by atoms with Gasteiger partial charge in [-0.1, -0.05) is 0 Å². The van der Waals surface area contributed by atoms with Crippen molar-refractivity contribution in [3.05, 3.63) is 12.7 Å². The molecule has 1 fully saturated rings. The van der Waals surface area contributed by atoms with Gasteiger partial charge in [-0.3, -0.25) is 4.57 Å². The zero-order valence-electron chi connectivity index (χ0n) is 10.9. The lowest BCUT2D eigenvalue weighted by molar-refractivity contribution is -0.169. The minimum atomic E-state index is -1.71. The molecule has 4 atom stereocenters. The molecule has 10 heteroatoms. The second kappa shape index (κ2) is 4.86. The van der Waals surface area contributed by atoms with Crippen LogP contribution in [0.4, 0.5) is 5.82 Å². The predicted molar refractivity (Wildman–Crippen MR) is 68.8 cm³/mol. The molecule has 3 rings (SSSR count). The van der Waals surface area contributed by atoms with Crippen molar-refractivity contribution in [1.29, 1.82) is 0 Å². The van der Waals surface area contributed by atoms with Crippen LogP contribution in [0.2, 0.25) is 0 Å². The molecule has 114 valence electrons. The van der Waals surface area contributed by atoms with Crippen LogP contribution in [0, 0.1) is 0 Å². The third-order valence-corrected chi connectivity index (χ3v) is 3.70. The Morgan fingerprint density at radius 3 is 2.67 bits per heavy atom. The Bertz CT molecular complexity index is 663. The molecule has 0 unspecified atom stereocenters. The first-order chi connectivity index (χ1) is 10.0. The van der Waals surface area contributed by atoms with E-state index in [1.807, 2.05) is 0 Å². The number of nitrogens with two attached hydrogens (primary N) is 1. The second-order valence-corrected chi connectivity index (χ2v) is 4.82. The Labute approximate surface area is 118 Å². The van der Waals surface area contributed by atoms with E-state index < -0.39 is 37.3 Å². The Morgan fingerprint density at radius 2 is 2.05 bits per heavy atom. The van der Waals surface area contributed by atoms with Gasteiger partial charge in [0.05, 0.1) is 19.5 Å². The van der Waals surface area contributed by atoms with Gasteiger partial charge in [-0.05, 0) is 0 Å². The summed E-state index contributed by atoms with van der Waals surface area (Å²) < 4.78 is 6.77. The molecule has 0 radical (unpaired) electrons. The van der Waals surface area contributed by atoms with E-state index in [4.69, 9.17) is 10.5 Å². The van der Waals surface area contributed by atoms with E-state index in [-0.39, 0.29) is 17.0 Å². The molecule has 0 saturated carbocycles. The van der Waals surface area contributed by atoms with Gasteiger partial charge in [0.15, 0.2) is 17.2 Å². The third-order valence-electron chi connectivity index (χ3n) is 3.70. The maximum atomic E-state index is 10.2. The van der Waals surface area contributed by atoms with Gasteiger partial charge in [-0.15, -0.1) is 0 Å². The van der Waals surface area contributed by atoms with Crippen molar-refractivity contribution in [2.45, 2.75) is 24.0 Å². The summed E-state index contributed by atoms with van der Waals surface area (Å²) in [4.78, 5) is 11.8. The van der Waals surface area contributed by atoms with Crippen LogP contribution in [0.25, 0.3) is 11.2 Å². The Kier molecular flexibility index (Phi) is 3.26. The smallest absolute Gasteiger partial charge is 0.199 e. The summed E-state index contributed by atoms with van der Waals surface area (Å²) in [6, 6.07) is 0. The highest BCUT2D eigenvalue weighted by Crippen LogP contribution is 2.37. The van der Waals surface area contributed by atoms with Gasteiger partial charge in [0.1, 0.15) is 30.2 Å². The number of aromatic nitrogens is 4. The van der Waals surface area contributed by atoms with Crippen molar-refractivity contribution in [2.24, 2.45) is 0 Å². The Hall–Kier alpha value is -1.85. The summed E-state index contributed by atoms with van der Waals surface area (Å²) in [7, 11) is 0. The molecule has 0 aromatic carbocycles. The van der Waals surface area contributed by atoms with Crippen LogP contribution in [0.3, 0.4) is 0 Å². The van der Waals surface area contributed by atoms with E-state index in [9.17, 15) is 20.4 Å². The van der Waals surface area contributed by atoms with E-state index in [1.54, 1.807) is 0 Å². The van der Waals surface area contributed by atoms with Crippen LogP contribution in [0.15, 0.2) is 12.7 Å². The van der Waals surface area contributed by atoms with E-state index in [0.29, 0.717) is 0 Å². The Balaban J connectivity index is 2.17. The molecule has 1 aliphatic rings. The molecular formula is C11H15N5O5. The van der Waals surface area contributed by atoms with E-state index >= 15 is 0 Å². The number of anilines is 1. The van der Waals surface area contributed by atoms with E-state index in [1.165, 1.54) is 17.2 Å². The molecule has 2 aromatic rings. The highest BCUT2D eigenvalue weighted by Gasteiger charge is 2.55. The summed E-state index contributed by atoms with van der Waals surface area (Å²) in [5, 5.41) is 39.1. The van der Waals surface area contributed by atoms with Crippen LogP contribution in [0.1, 0.15) is 0 Å². The first-order valence-electron chi connectivity index (χ1n) is 6.25. The molecule has 0 aliphatic carbocycles. The first-order valence-corrected chi connectivity index (χ1v) is 6.25. The SMILES string of the molecule is Nc1ncnc2c1ncn2[C@]1(CO)O[C@H](CO)[C@H](O)[C@H]1O. The minimum absolute atomic E-state index is 0.138. The average molecular weight is 297 g/mol. The molecule has 0 amide bonds. The van der Waals surface area contributed by atoms with Crippen molar-refractivity contribution in [2.75, 3.05) is 18.9 Å². The number of imidazole rings is 1. The van der Waals surface area contributed by atoms with Gasteiger partial charge in [0.25, 0.3) is 0 Å². The van der Waals surface area contributed by atoms with Gasteiger partial charge in [0.2, 0.25) is 0 Å². The topological polar surface area (TPSA) is 160 Å². The molecule has 6 N–H and O–H groups in total. The number of nitrogen functional groups attached to an aromatic ring is 1. The second-order valence-electron chi connectivity index (χ2n) is 4.82. The van der Waals surface area contributed by atoms with Crippen LogP contribution in [0.5, 0.6) is 0 Å². The van der Waals surface area contributed by atoms with Crippen molar-refractivity contribution >= 4 is 17.0 Å². The van der Waals surface area contributed by atoms with Crippen LogP contribution in [-0.4, -0.2) is 71.5 Å². The molecule has 3 heterocycles. The van der Waals surface area contributed by atoms with E-state index in [0.717, 1.165) is 0 Å². The number of ether oxygens (including phenoxy) is 1. The number of rotatable bonds is 3. The minimum Gasteiger partial charge on any atom is -0.394 e. The summed E-state index contributed by atoms with van der Waals surface area (Å²) in [6.45, 7) is -1.17. The number of aliphatic hydroxyl groups excluding tert-OH is 4. The fourth-order valence-electron chi connectivity index (χ4n) is 2.55. The van der Waals surface area contributed by atoms with Crippen molar-refractivity contribution in [1.82, 2.24) is 19.5 Å². The molecule has 21 heavy (non-hydrogen) atoms. The molecule has 0 bridgehead atoms. The summed E-state index contributed by atoms with van der Waals surface area (Å²) in [5.41, 5.74) is 4.50. The molecule has 0 spiro atoms. The standard InChI is InChI=1S/C11H15N5O5/c12-9-6-10(14-3-13-9)16(4-15-6)11(2-18)8(20)7(19)5(1-17)21-11/h3-5,7-8,17-20H,1-2H2,(H2,12,13,14)/t5-,7+,8-,11-/m1/s1. The fourth-order valence-corrected chi connectivity index (χ4v) is 2.55. The number of nitrogens with zero attached hydrogens (tertiary/aromatic N) is 4. The van der Waals surface area contributed by atoms with Gasteiger partial charge in [-0.25, -0.2) is 15.0 Å². The fraction of sp³-hybridized carbons (Fsp3) is 0.545. The normalized spacial score (nSPS) is 32.9. The zero-order chi connectivity index (χ0) is 15.2. The maximum absolute atomic E-state index is 10.2. The predicted octanol–water partition coefficient (Wildman–Crippen LogP) is -2.83. The van der Waals surface area contributed by atoms with Crippen molar-refractivity contribution in [3.8, 4) is 0 Å². The molecule has 2 aromatic heterocycles. The van der Waals surface area contributed by atoms with Crippen LogP contribution < -0.4 is 5.73 Å². The third kappa shape index (κ3) is 1.81. The summed E-state index contributed by atoms with van der Waals surface area (Å²) in [6.07, 6.45) is -1.39. The number of aliphatic hydroxyl groups is 4.